The van der Waals surface area contributed by atoms with Crippen LogP contribution < -0.4 is 9.73 Å². The fourth-order valence-corrected chi connectivity index (χ4v) is 4.22. The highest BCUT2D eigenvalue weighted by molar-refractivity contribution is 14.1. The summed E-state index contributed by atoms with van der Waals surface area (Å²) in [6.07, 6.45) is 1.13. The van der Waals surface area contributed by atoms with Crippen molar-refractivity contribution in [2.24, 2.45) is 5.10 Å². The van der Waals surface area contributed by atoms with Crippen LogP contribution in [0.2, 0.25) is 0 Å². The number of amides is 1. The molecule has 0 aliphatic heterocycles. The average Bonchev–Trinajstić information content (AvgIpc) is 2.76. The maximum absolute atomic E-state index is 12.9. The molecule has 0 aliphatic carbocycles. The number of nitrogens with one attached hydrogen (secondary N) is 1. The summed E-state index contributed by atoms with van der Waals surface area (Å²) in [5.74, 6) is -0.484. The highest BCUT2D eigenvalue weighted by Gasteiger charge is 2.23. The molecule has 1 N–H and O–H groups in total. The topological polar surface area (TPSA) is 78.8 Å². The fourth-order valence-electron chi connectivity index (χ4n) is 2.96. The first kappa shape index (κ1) is 23.0. The van der Waals surface area contributed by atoms with Crippen LogP contribution in [0, 0.1) is 3.57 Å². The minimum absolute atomic E-state index is 0.120. The fraction of sp³-hybridized carbons (Fsp3) is 0.130. The van der Waals surface area contributed by atoms with Crippen LogP contribution in [0.25, 0.3) is 0 Å². The molecule has 0 unspecified atom stereocenters. The summed E-state index contributed by atoms with van der Waals surface area (Å²) in [5, 5.41) is 4.19. The molecule has 0 radical (unpaired) electrons. The monoisotopic (exact) mass is 547 g/mol. The molecule has 3 rings (SSSR count). The molecule has 160 valence electrons. The van der Waals surface area contributed by atoms with Gasteiger partial charge in [-0.3, -0.25) is 9.10 Å². The van der Waals surface area contributed by atoms with Gasteiger partial charge < -0.3 is 0 Å². The first-order valence-electron chi connectivity index (χ1n) is 9.47. The van der Waals surface area contributed by atoms with Gasteiger partial charge in [-0.25, -0.2) is 13.8 Å². The lowest BCUT2D eigenvalue weighted by Gasteiger charge is -2.24. The van der Waals surface area contributed by atoms with Crippen molar-refractivity contribution in [2.75, 3.05) is 10.6 Å². The van der Waals surface area contributed by atoms with Crippen LogP contribution in [0.4, 0.5) is 5.69 Å². The molecule has 0 saturated heterocycles. The van der Waals surface area contributed by atoms with Crippen molar-refractivity contribution in [3.8, 4) is 0 Å². The number of carbonyl (C=O) groups is 1. The third-order valence-corrected chi connectivity index (χ3v) is 6.42. The van der Waals surface area contributed by atoms with Gasteiger partial charge in [0.05, 0.1) is 29.8 Å². The van der Waals surface area contributed by atoms with Crippen LogP contribution in [0.5, 0.6) is 0 Å². The predicted octanol–water partition coefficient (Wildman–Crippen LogP) is 4.41. The Balaban J connectivity index is 1.89. The van der Waals surface area contributed by atoms with Gasteiger partial charge in [0.1, 0.15) is 0 Å². The molecule has 6 nitrogen and oxygen atoms in total. The molecule has 0 heterocycles. The van der Waals surface area contributed by atoms with E-state index in [0.29, 0.717) is 11.4 Å². The molecule has 3 aromatic rings. The smallest absolute Gasteiger partial charge is 0.267 e. The lowest BCUT2D eigenvalue weighted by molar-refractivity contribution is 0.0955. The molecule has 0 aliphatic rings. The van der Waals surface area contributed by atoms with Crippen LogP contribution in [0.3, 0.4) is 0 Å². The van der Waals surface area contributed by atoms with Crippen molar-refractivity contribution in [1.82, 2.24) is 5.43 Å². The highest BCUT2D eigenvalue weighted by atomic mass is 127. The SMILES string of the molecule is C/C(=N\NC(=O)c1ccccc1N(Cc1ccccc1)S(C)(=O)=O)c1ccc(I)cc1. The number of anilines is 1. The Labute approximate surface area is 196 Å². The predicted molar refractivity (Wildman–Crippen MR) is 133 cm³/mol. The van der Waals surface area contributed by atoms with E-state index in [0.717, 1.165) is 21.0 Å². The number of para-hydroxylation sites is 1. The second kappa shape index (κ2) is 10.1. The second-order valence-electron chi connectivity index (χ2n) is 6.92. The van der Waals surface area contributed by atoms with Crippen molar-refractivity contribution in [3.63, 3.8) is 0 Å². The van der Waals surface area contributed by atoms with Crippen LogP contribution in [-0.2, 0) is 16.6 Å². The normalized spacial score (nSPS) is 11.8. The molecule has 1 amide bonds. The third kappa shape index (κ3) is 6.14. The van der Waals surface area contributed by atoms with E-state index in [2.05, 4.69) is 33.1 Å². The third-order valence-electron chi connectivity index (χ3n) is 4.57. The Bertz CT molecular complexity index is 1190. The van der Waals surface area contributed by atoms with Gasteiger partial charge in [-0.2, -0.15) is 5.10 Å². The quantitative estimate of drug-likeness (QED) is 0.271. The van der Waals surface area contributed by atoms with Crippen LogP contribution in [0.1, 0.15) is 28.4 Å². The second-order valence-corrected chi connectivity index (χ2v) is 10.1. The number of halogens is 1. The van der Waals surface area contributed by atoms with E-state index in [-0.39, 0.29) is 12.1 Å². The standard InChI is InChI=1S/C23H22IN3O3S/c1-17(19-12-14-20(24)15-13-19)25-26-23(28)21-10-6-7-11-22(21)27(31(2,29)30)16-18-8-4-3-5-9-18/h3-15H,16H2,1-2H3,(H,26,28)/b25-17+. The van der Waals surface area contributed by atoms with Gasteiger partial charge in [0.15, 0.2) is 0 Å². The average molecular weight is 547 g/mol. The zero-order valence-corrected chi connectivity index (χ0v) is 20.1. The Hall–Kier alpha value is -2.72. The summed E-state index contributed by atoms with van der Waals surface area (Å²) in [6.45, 7) is 1.92. The van der Waals surface area contributed by atoms with Crippen LogP contribution in [0.15, 0.2) is 84.0 Å². The summed E-state index contributed by atoms with van der Waals surface area (Å²) in [6, 6.07) is 23.6. The molecule has 3 aromatic carbocycles. The number of benzene rings is 3. The van der Waals surface area contributed by atoms with Gasteiger partial charge >= 0.3 is 0 Å². The number of hydrogen-bond acceptors (Lipinski definition) is 4. The summed E-state index contributed by atoms with van der Waals surface area (Å²) >= 11 is 2.22. The summed E-state index contributed by atoms with van der Waals surface area (Å²) in [5.41, 5.74) is 5.42. The number of rotatable bonds is 7. The van der Waals surface area contributed by atoms with Crippen molar-refractivity contribution < 1.29 is 13.2 Å². The van der Waals surface area contributed by atoms with Crippen molar-refractivity contribution in [3.05, 3.63) is 99.1 Å². The van der Waals surface area contributed by atoms with E-state index in [1.54, 1.807) is 31.2 Å². The van der Waals surface area contributed by atoms with Gasteiger partial charge in [0, 0.05) is 3.57 Å². The van der Waals surface area contributed by atoms with E-state index >= 15 is 0 Å². The summed E-state index contributed by atoms with van der Waals surface area (Å²) in [4.78, 5) is 12.9. The summed E-state index contributed by atoms with van der Waals surface area (Å²) < 4.78 is 27.4. The minimum Gasteiger partial charge on any atom is -0.267 e. The highest BCUT2D eigenvalue weighted by Crippen LogP contribution is 2.25. The molecule has 0 bridgehead atoms. The Morgan fingerprint density at radius 3 is 2.23 bits per heavy atom. The van der Waals surface area contributed by atoms with Crippen molar-refractivity contribution >= 4 is 49.9 Å². The minimum atomic E-state index is -3.63. The first-order valence-corrected chi connectivity index (χ1v) is 12.4. The van der Waals surface area contributed by atoms with E-state index in [4.69, 9.17) is 0 Å². The molecule has 8 heteroatoms. The maximum atomic E-state index is 12.9. The van der Waals surface area contributed by atoms with E-state index in [1.807, 2.05) is 54.6 Å². The molecule has 0 aromatic heterocycles. The molecule has 0 spiro atoms. The lowest BCUT2D eigenvalue weighted by Crippen LogP contribution is -2.32. The molecule has 0 saturated carbocycles. The zero-order chi connectivity index (χ0) is 22.4. The van der Waals surface area contributed by atoms with Gasteiger partial charge in [0.2, 0.25) is 10.0 Å². The van der Waals surface area contributed by atoms with Crippen LogP contribution >= 0.6 is 22.6 Å². The molecule has 0 fully saturated rings. The van der Waals surface area contributed by atoms with Gasteiger partial charge in [-0.15, -0.1) is 0 Å². The van der Waals surface area contributed by atoms with Crippen molar-refractivity contribution in [2.45, 2.75) is 13.5 Å². The summed E-state index contributed by atoms with van der Waals surface area (Å²) in [7, 11) is -3.63. The Kier molecular flexibility index (Phi) is 7.45. The number of hydrazone groups is 1. The Morgan fingerprint density at radius 1 is 0.968 bits per heavy atom. The van der Waals surface area contributed by atoms with E-state index in [9.17, 15) is 13.2 Å². The lowest BCUT2D eigenvalue weighted by atomic mass is 10.1. The van der Waals surface area contributed by atoms with Gasteiger partial charge in [-0.1, -0.05) is 54.6 Å². The molecule has 31 heavy (non-hydrogen) atoms. The number of nitrogens with zero attached hydrogens (tertiary/aromatic N) is 2. The van der Waals surface area contributed by atoms with Gasteiger partial charge in [0.25, 0.3) is 5.91 Å². The van der Waals surface area contributed by atoms with E-state index in [1.165, 1.54) is 4.31 Å². The molecular formula is C23H22IN3O3S. The zero-order valence-electron chi connectivity index (χ0n) is 17.1. The molecule has 0 atom stereocenters. The number of sulfonamides is 1. The Morgan fingerprint density at radius 2 is 1.58 bits per heavy atom. The molecular weight excluding hydrogens is 525 g/mol. The van der Waals surface area contributed by atoms with Gasteiger partial charge in [-0.05, 0) is 64.9 Å². The number of carbonyl (C=O) groups excluding carboxylic acids is 1. The first-order chi connectivity index (χ1) is 14.8. The van der Waals surface area contributed by atoms with Crippen LogP contribution in [-0.4, -0.2) is 26.3 Å². The number of hydrogen-bond donors (Lipinski definition) is 1. The van der Waals surface area contributed by atoms with Crippen molar-refractivity contribution in [1.29, 1.82) is 0 Å². The maximum Gasteiger partial charge on any atom is 0.273 e. The van der Waals surface area contributed by atoms with E-state index < -0.39 is 15.9 Å². The largest absolute Gasteiger partial charge is 0.273 e.